The smallest absolute Gasteiger partial charge is 0.258 e. The first-order valence-electron chi connectivity index (χ1n) is 10.6. The number of benzene rings is 2. The summed E-state index contributed by atoms with van der Waals surface area (Å²) in [5.74, 6) is 0.739. The van der Waals surface area contributed by atoms with Crippen LogP contribution in [0.5, 0.6) is 0 Å². The van der Waals surface area contributed by atoms with E-state index in [1.165, 1.54) is 37.8 Å². The van der Waals surface area contributed by atoms with Crippen LogP contribution in [0.2, 0.25) is 0 Å². The maximum absolute atomic E-state index is 12.8. The molecule has 0 spiro atoms. The van der Waals surface area contributed by atoms with Gasteiger partial charge in [0.05, 0.1) is 16.8 Å². The largest absolute Gasteiger partial charge is 0.310 e. The molecule has 9 heteroatoms. The van der Waals surface area contributed by atoms with Gasteiger partial charge < -0.3 is 5.32 Å². The Labute approximate surface area is 185 Å². The lowest BCUT2D eigenvalue weighted by Crippen LogP contribution is -2.46. The number of nitrogens with zero attached hydrogens (tertiary/aromatic N) is 1. The second-order valence-corrected chi connectivity index (χ2v) is 11.7. The zero-order valence-corrected chi connectivity index (χ0v) is 19.6. The van der Waals surface area contributed by atoms with Crippen molar-refractivity contribution in [1.29, 1.82) is 0 Å². The molecule has 0 radical (unpaired) electrons. The molecular weight excluding hydrogens is 434 g/mol. The van der Waals surface area contributed by atoms with Crippen LogP contribution >= 0.6 is 0 Å². The molecule has 2 N–H and O–H groups in total. The second-order valence-electron chi connectivity index (χ2n) is 8.23. The highest BCUT2D eigenvalue weighted by Crippen LogP contribution is 2.29. The quantitative estimate of drug-likeness (QED) is 0.524. The van der Waals surface area contributed by atoms with Crippen LogP contribution in [-0.2, 0) is 26.6 Å². The molecule has 0 unspecified atom stereocenters. The molecule has 0 heterocycles. The van der Waals surface area contributed by atoms with Gasteiger partial charge in [-0.3, -0.25) is 0 Å². The van der Waals surface area contributed by atoms with Crippen molar-refractivity contribution in [1.82, 2.24) is 10.1 Å². The molecule has 7 nitrogen and oxygen atoms in total. The highest BCUT2D eigenvalue weighted by Gasteiger charge is 2.27. The van der Waals surface area contributed by atoms with Gasteiger partial charge in [-0.15, -0.1) is 4.83 Å². The van der Waals surface area contributed by atoms with Crippen LogP contribution in [0.3, 0.4) is 0 Å². The van der Waals surface area contributed by atoms with Crippen LogP contribution in [0.25, 0.3) is 0 Å². The van der Waals surface area contributed by atoms with Gasteiger partial charge in [0.25, 0.3) is 10.0 Å². The number of hydrazine groups is 1. The monoisotopic (exact) mass is 465 g/mol. The van der Waals surface area contributed by atoms with E-state index in [2.05, 4.69) is 17.1 Å². The Morgan fingerprint density at radius 1 is 0.968 bits per heavy atom. The van der Waals surface area contributed by atoms with Crippen LogP contribution in [0.4, 0.5) is 5.69 Å². The number of hydrogen-bond acceptors (Lipinski definition) is 5. The summed E-state index contributed by atoms with van der Waals surface area (Å²) in [5.41, 5.74) is 0.979. The third kappa shape index (κ3) is 6.52. The van der Waals surface area contributed by atoms with Crippen LogP contribution in [0.1, 0.15) is 44.6 Å². The Balaban J connectivity index is 1.80. The Hall–Kier alpha value is -1.94. The van der Waals surface area contributed by atoms with Gasteiger partial charge in [0.15, 0.2) is 0 Å². The molecule has 0 aromatic heterocycles. The van der Waals surface area contributed by atoms with Crippen molar-refractivity contribution in [2.24, 2.45) is 5.92 Å². The normalized spacial score (nSPS) is 16.3. The number of para-hydroxylation sites is 1. The summed E-state index contributed by atoms with van der Waals surface area (Å²) in [4.78, 5) is 2.23. The van der Waals surface area contributed by atoms with E-state index in [9.17, 15) is 16.8 Å². The number of rotatable bonds is 10. The van der Waals surface area contributed by atoms with E-state index in [-0.39, 0.29) is 16.6 Å². The lowest BCUT2D eigenvalue weighted by molar-refractivity contribution is 0.404. The number of hydrogen-bond donors (Lipinski definition) is 2. The molecule has 1 aliphatic carbocycles. The molecule has 1 saturated carbocycles. The van der Waals surface area contributed by atoms with Gasteiger partial charge >= 0.3 is 0 Å². The standard InChI is InChI=1S/C22H31N3O4S2/c1-18(16-19-10-6-7-11-19)23-17-20-12-8-9-15-22(20)25(30(2,26)27)24-31(28,29)21-13-4-3-5-14-21/h3-5,8-9,12-15,18-19,23-24H,6-7,10-11,16-17H2,1-2H3/t18-/m0/s1. The summed E-state index contributed by atoms with van der Waals surface area (Å²) in [5, 5.41) is 3.47. The summed E-state index contributed by atoms with van der Waals surface area (Å²) < 4.78 is 51.4. The minimum Gasteiger partial charge on any atom is -0.310 e. The average Bonchev–Trinajstić information content (AvgIpc) is 3.24. The van der Waals surface area contributed by atoms with E-state index in [0.717, 1.165) is 23.0 Å². The molecule has 2 aromatic rings. The van der Waals surface area contributed by atoms with Crippen LogP contribution in [0.15, 0.2) is 59.5 Å². The number of anilines is 1. The van der Waals surface area contributed by atoms with Crippen molar-refractivity contribution in [3.8, 4) is 0 Å². The topological polar surface area (TPSA) is 95.6 Å². The molecule has 2 aromatic carbocycles. The third-order valence-electron chi connectivity index (χ3n) is 5.60. The van der Waals surface area contributed by atoms with Crippen LogP contribution in [0, 0.1) is 5.92 Å². The van der Waals surface area contributed by atoms with E-state index in [0.29, 0.717) is 12.1 Å². The SMILES string of the molecule is C[C@@H](CC1CCCC1)NCc1ccccc1N(NS(=O)(=O)c1ccccc1)S(C)(=O)=O. The van der Waals surface area contributed by atoms with Crippen molar-refractivity contribution in [3.05, 3.63) is 60.2 Å². The zero-order chi connectivity index (χ0) is 22.5. The summed E-state index contributed by atoms with van der Waals surface area (Å²) in [6.45, 7) is 2.57. The fourth-order valence-corrected chi connectivity index (χ4v) is 6.34. The molecule has 0 amide bonds. The van der Waals surface area contributed by atoms with E-state index in [1.54, 1.807) is 36.4 Å². The first kappa shape index (κ1) is 23.7. The minimum atomic E-state index is -4.08. The van der Waals surface area contributed by atoms with Gasteiger partial charge in [0, 0.05) is 12.6 Å². The van der Waals surface area contributed by atoms with Crippen molar-refractivity contribution in [3.63, 3.8) is 0 Å². The summed E-state index contributed by atoms with van der Waals surface area (Å²) in [6.07, 6.45) is 7.19. The molecule has 0 bridgehead atoms. The molecule has 0 saturated heterocycles. The number of sulfonamides is 2. The number of nitrogens with one attached hydrogen (secondary N) is 2. The highest BCUT2D eigenvalue weighted by molar-refractivity contribution is 7.94. The van der Waals surface area contributed by atoms with Crippen molar-refractivity contribution in [2.75, 3.05) is 10.7 Å². The molecule has 1 fully saturated rings. The van der Waals surface area contributed by atoms with E-state index < -0.39 is 20.0 Å². The third-order valence-corrected chi connectivity index (χ3v) is 7.98. The van der Waals surface area contributed by atoms with Crippen molar-refractivity contribution >= 4 is 25.7 Å². The summed E-state index contributed by atoms with van der Waals surface area (Å²) in [7, 11) is -8.00. The minimum absolute atomic E-state index is 0.00978. The highest BCUT2D eigenvalue weighted by atomic mass is 32.2. The van der Waals surface area contributed by atoms with Gasteiger partial charge in [-0.05, 0) is 43.0 Å². The molecule has 31 heavy (non-hydrogen) atoms. The molecule has 170 valence electrons. The maximum atomic E-state index is 12.8. The van der Waals surface area contributed by atoms with Gasteiger partial charge in [-0.2, -0.15) is 4.41 Å². The van der Waals surface area contributed by atoms with Gasteiger partial charge in [0.2, 0.25) is 10.0 Å². The van der Waals surface area contributed by atoms with Gasteiger partial charge in [-0.1, -0.05) is 62.1 Å². The van der Waals surface area contributed by atoms with Gasteiger partial charge in [-0.25, -0.2) is 16.8 Å². The Bertz CT molecular complexity index is 1070. The fraction of sp³-hybridized carbons (Fsp3) is 0.455. The van der Waals surface area contributed by atoms with E-state index in [1.807, 2.05) is 6.07 Å². The molecule has 1 aliphatic rings. The van der Waals surface area contributed by atoms with E-state index >= 15 is 0 Å². The second kappa shape index (κ2) is 10.1. The molecule has 0 aliphatic heterocycles. The van der Waals surface area contributed by atoms with Crippen LogP contribution < -0.4 is 14.6 Å². The fourth-order valence-electron chi connectivity index (χ4n) is 4.03. The van der Waals surface area contributed by atoms with Gasteiger partial charge in [0.1, 0.15) is 0 Å². The Morgan fingerprint density at radius 2 is 1.58 bits per heavy atom. The lowest BCUT2D eigenvalue weighted by Gasteiger charge is -2.26. The molecular formula is C22H31N3O4S2. The Morgan fingerprint density at radius 3 is 2.23 bits per heavy atom. The first-order chi connectivity index (χ1) is 14.7. The lowest BCUT2D eigenvalue weighted by atomic mass is 9.99. The molecule has 1 atom stereocenters. The predicted octanol–water partition coefficient (Wildman–Crippen LogP) is 3.40. The Kier molecular flexibility index (Phi) is 7.74. The predicted molar refractivity (Wildman–Crippen MR) is 123 cm³/mol. The van der Waals surface area contributed by atoms with Crippen LogP contribution in [-0.4, -0.2) is 29.1 Å². The molecule has 3 rings (SSSR count). The summed E-state index contributed by atoms with van der Waals surface area (Å²) >= 11 is 0. The summed E-state index contributed by atoms with van der Waals surface area (Å²) in [6, 6.07) is 14.9. The van der Waals surface area contributed by atoms with Crippen molar-refractivity contribution in [2.45, 2.75) is 56.5 Å². The maximum Gasteiger partial charge on any atom is 0.258 e. The first-order valence-corrected chi connectivity index (χ1v) is 13.9. The average molecular weight is 466 g/mol. The van der Waals surface area contributed by atoms with E-state index in [4.69, 9.17) is 0 Å². The zero-order valence-electron chi connectivity index (χ0n) is 18.0. The van der Waals surface area contributed by atoms with Crippen molar-refractivity contribution < 1.29 is 16.8 Å².